The zero-order chi connectivity index (χ0) is 25.9. The molecule has 194 valence electrons. The smallest absolute Gasteiger partial charge is 0.326 e. The van der Waals surface area contributed by atoms with E-state index in [0.29, 0.717) is 49.2 Å². The van der Waals surface area contributed by atoms with Crippen LogP contribution in [0, 0.1) is 0 Å². The molecule has 1 heterocycles. The summed E-state index contributed by atoms with van der Waals surface area (Å²) in [6.07, 6.45) is -1.04. The van der Waals surface area contributed by atoms with E-state index >= 15 is 0 Å². The molecule has 3 rings (SSSR count). The van der Waals surface area contributed by atoms with Crippen LogP contribution in [0.4, 0.5) is 11.4 Å². The number of carbonyl (C=O) groups is 3. The molecule has 10 nitrogen and oxygen atoms in total. The molecule has 2 aromatic rings. The van der Waals surface area contributed by atoms with E-state index in [2.05, 4.69) is 15.5 Å². The fourth-order valence-corrected chi connectivity index (χ4v) is 3.56. The Morgan fingerprint density at radius 1 is 0.972 bits per heavy atom. The van der Waals surface area contributed by atoms with Crippen LogP contribution in [0.1, 0.15) is 31.1 Å². The van der Waals surface area contributed by atoms with E-state index in [1.807, 2.05) is 26.0 Å². The van der Waals surface area contributed by atoms with Crippen LogP contribution in [0.25, 0.3) is 0 Å². The van der Waals surface area contributed by atoms with Gasteiger partial charge in [0.1, 0.15) is 6.54 Å². The highest BCUT2D eigenvalue weighted by atomic mass is 16.5. The van der Waals surface area contributed by atoms with Crippen LogP contribution in [0.2, 0.25) is 0 Å². The minimum absolute atomic E-state index is 0.307. The molecule has 1 saturated heterocycles. The lowest BCUT2D eigenvalue weighted by Crippen LogP contribution is -2.36. The monoisotopic (exact) mass is 499 g/mol. The van der Waals surface area contributed by atoms with Crippen LogP contribution in [-0.2, 0) is 19.1 Å². The predicted octanol–water partition coefficient (Wildman–Crippen LogP) is 2.62. The molecule has 1 aliphatic rings. The Kier molecular flexibility index (Phi) is 9.93. The van der Waals surface area contributed by atoms with Gasteiger partial charge < -0.3 is 34.5 Å². The number of hydrogen-bond donors (Lipinski definition) is 2. The SMILES string of the molecule is CCOc1ccc(C(=O)NCC(=O)OC(C)C(=O)Nc2ccc(N3CCOCC3)cc2)cc1OCC. The molecule has 1 unspecified atom stereocenters. The van der Waals surface area contributed by atoms with Crippen molar-refractivity contribution in [1.82, 2.24) is 5.32 Å². The number of nitrogens with one attached hydrogen (secondary N) is 2. The van der Waals surface area contributed by atoms with E-state index in [0.717, 1.165) is 18.8 Å². The molecule has 2 N–H and O–H groups in total. The Bertz CT molecular complexity index is 1040. The van der Waals surface area contributed by atoms with Gasteiger partial charge in [-0.15, -0.1) is 0 Å². The number of morpholine rings is 1. The zero-order valence-corrected chi connectivity index (χ0v) is 20.9. The maximum absolute atomic E-state index is 12.5. The average Bonchev–Trinajstić information content (AvgIpc) is 2.89. The second-order valence-electron chi connectivity index (χ2n) is 7.98. The Morgan fingerprint density at radius 3 is 2.31 bits per heavy atom. The first-order valence-corrected chi connectivity index (χ1v) is 12.0. The van der Waals surface area contributed by atoms with Gasteiger partial charge in [0.05, 0.1) is 26.4 Å². The average molecular weight is 500 g/mol. The Morgan fingerprint density at radius 2 is 1.64 bits per heavy atom. The molecule has 0 saturated carbocycles. The highest BCUT2D eigenvalue weighted by molar-refractivity contribution is 5.97. The third-order valence-corrected chi connectivity index (χ3v) is 5.39. The third-order valence-electron chi connectivity index (χ3n) is 5.39. The quantitative estimate of drug-likeness (QED) is 0.454. The molecule has 0 bridgehead atoms. The van der Waals surface area contributed by atoms with Crippen LogP contribution in [-0.4, -0.2) is 69.9 Å². The number of benzene rings is 2. The second-order valence-corrected chi connectivity index (χ2v) is 7.98. The standard InChI is InChI=1S/C26H33N3O7/c1-4-34-22-11-6-19(16-23(22)35-5-2)26(32)27-17-24(30)36-18(3)25(31)28-20-7-9-21(10-8-20)29-12-14-33-15-13-29/h6-11,16,18H,4-5,12-15,17H2,1-3H3,(H,27,32)(H,28,31). The van der Waals surface area contributed by atoms with E-state index < -0.39 is 23.9 Å². The molecular formula is C26H33N3O7. The fourth-order valence-electron chi connectivity index (χ4n) is 3.56. The fraction of sp³-hybridized carbons (Fsp3) is 0.423. The maximum Gasteiger partial charge on any atom is 0.326 e. The third kappa shape index (κ3) is 7.61. The summed E-state index contributed by atoms with van der Waals surface area (Å²) in [7, 11) is 0. The zero-order valence-electron chi connectivity index (χ0n) is 20.9. The van der Waals surface area contributed by atoms with Gasteiger partial charge in [0.25, 0.3) is 11.8 Å². The first-order chi connectivity index (χ1) is 17.4. The van der Waals surface area contributed by atoms with Gasteiger partial charge in [0.2, 0.25) is 0 Å². The van der Waals surface area contributed by atoms with Crippen LogP contribution < -0.4 is 25.0 Å². The van der Waals surface area contributed by atoms with Gasteiger partial charge in [0.15, 0.2) is 17.6 Å². The summed E-state index contributed by atoms with van der Waals surface area (Å²) < 4.78 is 21.5. The van der Waals surface area contributed by atoms with Crippen LogP contribution in [0.5, 0.6) is 11.5 Å². The number of amides is 2. The number of ether oxygens (including phenoxy) is 4. The van der Waals surface area contributed by atoms with Crippen molar-refractivity contribution in [3.05, 3.63) is 48.0 Å². The molecular weight excluding hydrogens is 466 g/mol. The van der Waals surface area contributed by atoms with Gasteiger partial charge >= 0.3 is 5.97 Å². The number of carbonyl (C=O) groups excluding carboxylic acids is 3. The minimum atomic E-state index is -1.04. The van der Waals surface area contributed by atoms with E-state index in [4.69, 9.17) is 18.9 Å². The van der Waals surface area contributed by atoms with Gasteiger partial charge in [-0.2, -0.15) is 0 Å². The highest BCUT2D eigenvalue weighted by Crippen LogP contribution is 2.28. The molecule has 36 heavy (non-hydrogen) atoms. The van der Waals surface area contributed by atoms with E-state index in [-0.39, 0.29) is 6.54 Å². The lowest BCUT2D eigenvalue weighted by molar-refractivity contribution is -0.152. The number of nitrogens with zero attached hydrogens (tertiary/aromatic N) is 1. The normalized spacial score (nSPS) is 13.9. The van der Waals surface area contributed by atoms with Crippen LogP contribution in [0.15, 0.2) is 42.5 Å². The summed E-state index contributed by atoms with van der Waals surface area (Å²) in [5, 5.41) is 5.22. The highest BCUT2D eigenvalue weighted by Gasteiger charge is 2.19. The minimum Gasteiger partial charge on any atom is -0.490 e. The van der Waals surface area contributed by atoms with Crippen LogP contribution >= 0.6 is 0 Å². The second kappa shape index (κ2) is 13.3. The summed E-state index contributed by atoms with van der Waals surface area (Å²) in [6, 6.07) is 12.2. The molecule has 0 radical (unpaired) electrons. The molecule has 0 aromatic heterocycles. The number of anilines is 2. The summed E-state index contributed by atoms with van der Waals surface area (Å²) in [5.41, 5.74) is 1.95. The van der Waals surface area contributed by atoms with Crippen molar-refractivity contribution < 1.29 is 33.3 Å². The van der Waals surface area contributed by atoms with Crippen molar-refractivity contribution in [3.8, 4) is 11.5 Å². The maximum atomic E-state index is 12.5. The van der Waals surface area contributed by atoms with Crippen molar-refractivity contribution in [3.63, 3.8) is 0 Å². The molecule has 2 aromatic carbocycles. The molecule has 0 aliphatic carbocycles. The summed E-state index contributed by atoms with van der Waals surface area (Å²) in [5.74, 6) is -0.705. The van der Waals surface area contributed by atoms with Crippen molar-refractivity contribution in [2.24, 2.45) is 0 Å². The van der Waals surface area contributed by atoms with Crippen molar-refractivity contribution in [2.45, 2.75) is 26.9 Å². The number of hydrogen-bond acceptors (Lipinski definition) is 8. The molecule has 2 amide bonds. The molecule has 10 heteroatoms. The van der Waals surface area contributed by atoms with Crippen molar-refractivity contribution >= 4 is 29.2 Å². The number of rotatable bonds is 11. The Labute approximate surface area is 210 Å². The van der Waals surface area contributed by atoms with Crippen LogP contribution in [0.3, 0.4) is 0 Å². The summed E-state index contributed by atoms with van der Waals surface area (Å²) in [6.45, 7) is 8.66. The summed E-state index contributed by atoms with van der Waals surface area (Å²) >= 11 is 0. The molecule has 1 atom stereocenters. The summed E-state index contributed by atoms with van der Waals surface area (Å²) in [4.78, 5) is 39.3. The van der Waals surface area contributed by atoms with E-state index in [9.17, 15) is 14.4 Å². The van der Waals surface area contributed by atoms with Crippen molar-refractivity contribution in [1.29, 1.82) is 0 Å². The first-order valence-electron chi connectivity index (χ1n) is 12.0. The topological polar surface area (TPSA) is 115 Å². The van der Waals surface area contributed by atoms with E-state index in [1.54, 1.807) is 30.3 Å². The van der Waals surface area contributed by atoms with Crippen molar-refractivity contribution in [2.75, 3.05) is 56.3 Å². The molecule has 1 aliphatic heterocycles. The van der Waals surface area contributed by atoms with Gasteiger partial charge in [-0.3, -0.25) is 14.4 Å². The largest absolute Gasteiger partial charge is 0.490 e. The van der Waals surface area contributed by atoms with Gasteiger partial charge in [-0.25, -0.2) is 0 Å². The van der Waals surface area contributed by atoms with Gasteiger partial charge in [-0.05, 0) is 63.2 Å². The van der Waals surface area contributed by atoms with Gasteiger partial charge in [0, 0.05) is 30.0 Å². The Hall–Kier alpha value is -3.79. The lowest BCUT2D eigenvalue weighted by atomic mass is 10.2. The molecule has 1 fully saturated rings. The Balaban J connectivity index is 1.46. The first kappa shape index (κ1) is 26.8. The van der Waals surface area contributed by atoms with Gasteiger partial charge in [-0.1, -0.05) is 0 Å². The van der Waals surface area contributed by atoms with E-state index in [1.165, 1.54) is 6.92 Å². The predicted molar refractivity (Wildman–Crippen MR) is 135 cm³/mol. The number of esters is 1. The lowest BCUT2D eigenvalue weighted by Gasteiger charge is -2.28. The molecule has 0 spiro atoms.